The van der Waals surface area contributed by atoms with Crippen molar-refractivity contribution in [1.29, 1.82) is 0 Å². The molecule has 1 fully saturated rings. The Morgan fingerprint density at radius 1 is 1.10 bits per heavy atom. The van der Waals surface area contributed by atoms with Gasteiger partial charge < -0.3 is 9.42 Å². The fourth-order valence-electron chi connectivity index (χ4n) is 4.04. The molecule has 29 heavy (non-hydrogen) atoms. The first kappa shape index (κ1) is 19.3. The number of carbonyl (C=O) groups excluding carboxylic acids is 1. The predicted octanol–water partition coefficient (Wildman–Crippen LogP) is 4.39. The van der Waals surface area contributed by atoms with Crippen LogP contribution in [0.5, 0.6) is 0 Å². The Labute approximate surface area is 169 Å². The first-order valence-corrected chi connectivity index (χ1v) is 9.77. The molecule has 5 nitrogen and oxygen atoms in total. The monoisotopic (exact) mass is 393 g/mol. The molecule has 0 radical (unpaired) electrons. The summed E-state index contributed by atoms with van der Waals surface area (Å²) in [5.74, 6) is -0.118. The average Bonchev–Trinajstić information content (AvgIpc) is 3.10. The molecule has 0 saturated carbocycles. The summed E-state index contributed by atoms with van der Waals surface area (Å²) in [6.45, 7) is 3.48. The van der Waals surface area contributed by atoms with Crippen molar-refractivity contribution < 1.29 is 13.7 Å². The zero-order valence-electron chi connectivity index (χ0n) is 16.6. The summed E-state index contributed by atoms with van der Waals surface area (Å²) in [5, 5.41) is 7.02. The summed E-state index contributed by atoms with van der Waals surface area (Å²) in [6, 6.07) is 16.0. The quantitative estimate of drug-likeness (QED) is 0.714. The summed E-state index contributed by atoms with van der Waals surface area (Å²) in [5.41, 5.74) is 2.44. The van der Waals surface area contributed by atoms with E-state index in [9.17, 15) is 9.18 Å². The van der Waals surface area contributed by atoms with Crippen LogP contribution in [0.15, 0.2) is 59.1 Å². The summed E-state index contributed by atoms with van der Waals surface area (Å²) in [4.78, 5) is 15.8. The number of nitrogens with one attached hydrogen (secondary N) is 1. The third-order valence-electron chi connectivity index (χ3n) is 5.82. The number of hydrogen-bond acceptors (Lipinski definition) is 4. The highest BCUT2D eigenvalue weighted by Crippen LogP contribution is 2.38. The molecule has 1 N–H and O–H groups in total. The van der Waals surface area contributed by atoms with Gasteiger partial charge in [-0.15, -0.1) is 0 Å². The highest BCUT2D eigenvalue weighted by molar-refractivity contribution is 6.01. The van der Waals surface area contributed by atoms with E-state index in [-0.39, 0.29) is 11.7 Å². The van der Waals surface area contributed by atoms with Crippen molar-refractivity contribution in [3.8, 4) is 11.1 Å². The number of amides is 1. The smallest absolute Gasteiger partial charge is 0.239 e. The van der Waals surface area contributed by atoms with Crippen LogP contribution < -0.4 is 5.32 Å². The molecule has 1 aliphatic heterocycles. The molecule has 1 amide bonds. The van der Waals surface area contributed by atoms with Gasteiger partial charge in [0.1, 0.15) is 5.82 Å². The fourth-order valence-corrected chi connectivity index (χ4v) is 4.04. The maximum absolute atomic E-state index is 13.6. The lowest BCUT2D eigenvalue weighted by molar-refractivity contribution is -0.123. The molecule has 0 bridgehead atoms. The number of carbonyl (C=O) groups is 1. The summed E-state index contributed by atoms with van der Waals surface area (Å²) in [6.07, 6.45) is 1.44. The van der Waals surface area contributed by atoms with Gasteiger partial charge >= 0.3 is 0 Å². The maximum atomic E-state index is 13.6. The lowest BCUT2D eigenvalue weighted by atomic mass is 9.72. The van der Waals surface area contributed by atoms with Crippen LogP contribution in [-0.4, -0.2) is 36.1 Å². The molecule has 1 aromatic heterocycles. The zero-order chi connectivity index (χ0) is 20.4. The lowest BCUT2D eigenvalue weighted by Gasteiger charge is -2.39. The number of aromatic nitrogens is 1. The van der Waals surface area contributed by atoms with Gasteiger partial charge in [0.15, 0.2) is 0 Å². The second-order valence-corrected chi connectivity index (χ2v) is 7.68. The first-order chi connectivity index (χ1) is 14.0. The predicted molar refractivity (Wildman–Crippen MR) is 110 cm³/mol. The Morgan fingerprint density at radius 2 is 1.76 bits per heavy atom. The summed E-state index contributed by atoms with van der Waals surface area (Å²) < 4.78 is 18.8. The number of benzene rings is 2. The fraction of sp³-hybridized carbons (Fsp3) is 0.304. The van der Waals surface area contributed by atoms with Crippen LogP contribution in [0.2, 0.25) is 0 Å². The van der Waals surface area contributed by atoms with Crippen LogP contribution in [0.3, 0.4) is 0 Å². The third kappa shape index (κ3) is 3.68. The van der Waals surface area contributed by atoms with E-state index in [4.69, 9.17) is 4.52 Å². The number of likely N-dealkylation sites (tertiary alicyclic amines) is 1. The highest BCUT2D eigenvalue weighted by Gasteiger charge is 2.43. The van der Waals surface area contributed by atoms with E-state index in [0.717, 1.165) is 37.1 Å². The van der Waals surface area contributed by atoms with E-state index in [2.05, 4.69) is 22.4 Å². The Kier molecular flexibility index (Phi) is 5.20. The minimum atomic E-state index is -0.630. The van der Waals surface area contributed by atoms with Crippen LogP contribution in [0.4, 0.5) is 10.3 Å². The van der Waals surface area contributed by atoms with Gasteiger partial charge in [-0.25, -0.2) is 4.39 Å². The van der Waals surface area contributed by atoms with Gasteiger partial charge in [0.05, 0.1) is 16.7 Å². The average molecular weight is 393 g/mol. The van der Waals surface area contributed by atoms with Crippen molar-refractivity contribution in [2.45, 2.75) is 25.2 Å². The molecular formula is C23H24FN3O2. The van der Waals surface area contributed by atoms with Crippen molar-refractivity contribution in [3.63, 3.8) is 0 Å². The van der Waals surface area contributed by atoms with Crippen LogP contribution in [0.1, 0.15) is 24.1 Å². The van der Waals surface area contributed by atoms with E-state index in [0.29, 0.717) is 17.1 Å². The van der Waals surface area contributed by atoms with Gasteiger partial charge in [-0.05, 0) is 63.2 Å². The Hall–Kier alpha value is -2.99. The second-order valence-electron chi connectivity index (χ2n) is 7.68. The van der Waals surface area contributed by atoms with Crippen molar-refractivity contribution in [1.82, 2.24) is 10.1 Å². The van der Waals surface area contributed by atoms with E-state index in [1.165, 1.54) is 12.1 Å². The largest absolute Gasteiger partial charge is 0.337 e. The molecule has 150 valence electrons. The molecule has 6 heteroatoms. The molecule has 3 aromatic rings. The van der Waals surface area contributed by atoms with Crippen LogP contribution in [0, 0.1) is 12.7 Å². The van der Waals surface area contributed by atoms with Gasteiger partial charge in [0.25, 0.3) is 0 Å². The Bertz CT molecular complexity index is 991. The van der Waals surface area contributed by atoms with Gasteiger partial charge in [-0.3, -0.25) is 10.1 Å². The van der Waals surface area contributed by atoms with Gasteiger partial charge in [0.2, 0.25) is 11.8 Å². The lowest BCUT2D eigenvalue weighted by Crippen LogP contribution is -2.48. The van der Waals surface area contributed by atoms with Gasteiger partial charge in [0, 0.05) is 0 Å². The number of anilines is 1. The van der Waals surface area contributed by atoms with Crippen LogP contribution >= 0.6 is 0 Å². The minimum Gasteiger partial charge on any atom is -0.337 e. The van der Waals surface area contributed by atoms with E-state index < -0.39 is 5.41 Å². The highest BCUT2D eigenvalue weighted by atomic mass is 19.1. The molecule has 0 spiro atoms. The number of nitrogens with zero attached hydrogens (tertiary/aromatic N) is 2. The topological polar surface area (TPSA) is 58.4 Å². The first-order valence-electron chi connectivity index (χ1n) is 9.77. The van der Waals surface area contributed by atoms with E-state index in [1.807, 2.05) is 30.3 Å². The molecule has 1 aliphatic rings. The van der Waals surface area contributed by atoms with E-state index >= 15 is 0 Å². The molecular weight excluding hydrogens is 369 g/mol. The normalized spacial score (nSPS) is 16.5. The molecule has 4 rings (SSSR count). The SMILES string of the molecule is Cc1noc(NC(=O)C2(c3ccccc3)CCN(C)CC2)c1-c1ccc(F)cc1. The van der Waals surface area contributed by atoms with Crippen molar-refractivity contribution in [2.75, 3.05) is 25.5 Å². The van der Waals surface area contributed by atoms with Crippen molar-refractivity contribution in [3.05, 3.63) is 71.7 Å². The Morgan fingerprint density at radius 3 is 2.41 bits per heavy atom. The number of aryl methyl sites for hydroxylation is 1. The van der Waals surface area contributed by atoms with Crippen molar-refractivity contribution in [2.24, 2.45) is 0 Å². The number of halogens is 1. The number of piperidine rings is 1. The molecule has 1 saturated heterocycles. The molecule has 0 atom stereocenters. The van der Waals surface area contributed by atoms with Crippen LogP contribution in [-0.2, 0) is 10.2 Å². The summed E-state index contributed by atoms with van der Waals surface area (Å²) >= 11 is 0. The second kappa shape index (κ2) is 7.79. The van der Waals surface area contributed by atoms with Crippen LogP contribution in [0.25, 0.3) is 11.1 Å². The van der Waals surface area contributed by atoms with Gasteiger partial charge in [-0.2, -0.15) is 0 Å². The standard InChI is InChI=1S/C23H24FN3O2/c1-16-20(17-8-10-19(24)11-9-17)21(29-26-16)25-22(28)23(12-14-27(2)15-13-23)18-6-4-3-5-7-18/h3-11H,12-15H2,1-2H3,(H,25,28). The zero-order valence-corrected chi connectivity index (χ0v) is 16.6. The van der Waals surface area contributed by atoms with E-state index in [1.54, 1.807) is 19.1 Å². The molecule has 0 aliphatic carbocycles. The third-order valence-corrected chi connectivity index (χ3v) is 5.82. The van der Waals surface area contributed by atoms with Gasteiger partial charge in [-0.1, -0.05) is 47.6 Å². The molecule has 2 aromatic carbocycles. The number of rotatable bonds is 4. The summed E-state index contributed by atoms with van der Waals surface area (Å²) in [7, 11) is 2.07. The minimum absolute atomic E-state index is 0.101. The maximum Gasteiger partial charge on any atom is 0.239 e. The molecule has 2 heterocycles. The molecule has 0 unspecified atom stereocenters. The Balaban J connectivity index is 1.68. The van der Waals surface area contributed by atoms with Crippen molar-refractivity contribution >= 4 is 11.8 Å². The number of hydrogen-bond donors (Lipinski definition) is 1.